The number of aromatic amines is 1. The second kappa shape index (κ2) is 6.07. The zero-order valence-corrected chi connectivity index (χ0v) is 17.0. The van der Waals surface area contributed by atoms with E-state index in [9.17, 15) is 9.90 Å². The lowest BCUT2D eigenvalue weighted by molar-refractivity contribution is -0.173. The van der Waals surface area contributed by atoms with Crippen LogP contribution in [0.5, 0.6) is 0 Å². The molecule has 1 aromatic carbocycles. The highest BCUT2D eigenvalue weighted by molar-refractivity contribution is 5.85. The number of ether oxygens (including phenoxy) is 1. The Morgan fingerprint density at radius 2 is 2.11 bits per heavy atom. The number of para-hydroxylation sites is 1. The van der Waals surface area contributed by atoms with Crippen molar-refractivity contribution in [1.82, 2.24) is 9.88 Å². The van der Waals surface area contributed by atoms with Crippen LogP contribution in [0.25, 0.3) is 10.9 Å². The molecule has 28 heavy (non-hydrogen) atoms. The maximum atomic E-state index is 12.6. The van der Waals surface area contributed by atoms with Gasteiger partial charge in [-0.1, -0.05) is 25.1 Å². The van der Waals surface area contributed by atoms with Gasteiger partial charge in [-0.25, -0.2) is 0 Å². The lowest BCUT2D eigenvalue weighted by atomic mass is 9.54. The molecule has 0 bridgehead atoms. The molecule has 2 fully saturated rings. The van der Waals surface area contributed by atoms with Gasteiger partial charge in [-0.15, -0.1) is 0 Å². The number of carbonyl (C=O) groups is 1. The average Bonchev–Trinajstić information content (AvgIpc) is 3.07. The number of fused-ring (bicyclic) bond motifs is 6. The number of piperidine rings is 1. The fourth-order valence-corrected chi connectivity index (χ4v) is 6.49. The molecule has 150 valence electrons. The minimum absolute atomic E-state index is 0.0289. The largest absolute Gasteiger partial charge is 0.469 e. The van der Waals surface area contributed by atoms with E-state index in [1.165, 1.54) is 29.3 Å². The van der Waals surface area contributed by atoms with E-state index in [1.807, 2.05) is 0 Å². The van der Waals surface area contributed by atoms with Crippen LogP contribution in [0, 0.1) is 17.3 Å². The summed E-state index contributed by atoms with van der Waals surface area (Å²) < 4.78 is 5.12. The normalized spacial score (nSPS) is 37.8. The van der Waals surface area contributed by atoms with Gasteiger partial charge in [0.2, 0.25) is 0 Å². The minimum Gasteiger partial charge on any atom is -0.469 e. The van der Waals surface area contributed by atoms with Gasteiger partial charge >= 0.3 is 5.97 Å². The van der Waals surface area contributed by atoms with Crippen LogP contribution in [0.2, 0.25) is 0 Å². The number of carbonyl (C=O) groups excluding carboxylic acids is 1. The summed E-state index contributed by atoms with van der Waals surface area (Å²) >= 11 is 0. The first-order valence-corrected chi connectivity index (χ1v) is 10.5. The van der Waals surface area contributed by atoms with Gasteiger partial charge in [-0.3, -0.25) is 9.69 Å². The number of methoxy groups -OCH3 is 1. The van der Waals surface area contributed by atoms with Gasteiger partial charge in [0, 0.05) is 29.7 Å². The van der Waals surface area contributed by atoms with Gasteiger partial charge in [-0.2, -0.15) is 0 Å². The lowest BCUT2D eigenvalue weighted by Crippen LogP contribution is -2.64. The smallest absolute Gasteiger partial charge is 0.311 e. The van der Waals surface area contributed by atoms with Crippen molar-refractivity contribution >= 4 is 16.9 Å². The standard InChI is InChI=1S/C23H30N2O3/c1-22-10-8-18(26)19(21(27)28-3)16(22)12-23(2)20-15(9-11-25(23)13-22)14-6-4-5-7-17(14)24-20/h4-7,16,18-19,24,26H,8-13H2,1-3H3. The van der Waals surface area contributed by atoms with Crippen LogP contribution in [0.1, 0.15) is 44.4 Å². The van der Waals surface area contributed by atoms with E-state index in [2.05, 4.69) is 48.0 Å². The maximum Gasteiger partial charge on any atom is 0.311 e. The Morgan fingerprint density at radius 3 is 2.89 bits per heavy atom. The molecule has 2 aromatic rings. The first kappa shape index (κ1) is 18.2. The van der Waals surface area contributed by atoms with Gasteiger partial charge in [0.1, 0.15) is 0 Å². The summed E-state index contributed by atoms with van der Waals surface area (Å²) in [5, 5.41) is 12.0. The highest BCUT2D eigenvalue weighted by Gasteiger charge is 2.58. The molecule has 0 spiro atoms. The summed E-state index contributed by atoms with van der Waals surface area (Å²) in [4.78, 5) is 19.0. The molecule has 3 aliphatic rings. The first-order chi connectivity index (χ1) is 13.4. The number of aromatic nitrogens is 1. The third kappa shape index (κ3) is 2.35. The van der Waals surface area contributed by atoms with Crippen LogP contribution in [0.4, 0.5) is 0 Å². The molecule has 2 aliphatic heterocycles. The summed E-state index contributed by atoms with van der Waals surface area (Å²) in [6.45, 7) is 6.62. The van der Waals surface area contributed by atoms with E-state index in [4.69, 9.17) is 4.74 Å². The highest BCUT2D eigenvalue weighted by Crippen LogP contribution is 2.57. The molecular weight excluding hydrogens is 352 g/mol. The summed E-state index contributed by atoms with van der Waals surface area (Å²) in [5.41, 5.74) is 3.79. The number of benzene rings is 1. The number of nitrogens with zero attached hydrogens (tertiary/aromatic N) is 1. The van der Waals surface area contributed by atoms with Crippen molar-refractivity contribution in [2.45, 2.75) is 51.2 Å². The van der Waals surface area contributed by atoms with Gasteiger partial charge in [0.05, 0.1) is 24.7 Å². The number of nitrogens with one attached hydrogen (secondary N) is 1. The van der Waals surface area contributed by atoms with E-state index >= 15 is 0 Å². The lowest BCUT2D eigenvalue weighted by Gasteiger charge is -2.60. The summed E-state index contributed by atoms with van der Waals surface area (Å²) in [6, 6.07) is 8.54. The van der Waals surface area contributed by atoms with Gasteiger partial charge in [-0.05, 0) is 55.6 Å². The van der Waals surface area contributed by atoms with Crippen molar-refractivity contribution in [3.63, 3.8) is 0 Å². The van der Waals surface area contributed by atoms with Crippen LogP contribution in [-0.2, 0) is 21.5 Å². The van der Waals surface area contributed by atoms with Gasteiger partial charge in [0.15, 0.2) is 0 Å². The van der Waals surface area contributed by atoms with Crippen molar-refractivity contribution in [3.8, 4) is 0 Å². The van der Waals surface area contributed by atoms with Crippen molar-refractivity contribution in [2.24, 2.45) is 17.3 Å². The fraction of sp³-hybridized carbons (Fsp3) is 0.609. The number of rotatable bonds is 1. The minimum atomic E-state index is -0.605. The zero-order chi connectivity index (χ0) is 19.7. The Hall–Kier alpha value is -1.85. The Bertz CT molecular complexity index is 937. The molecular formula is C23H30N2O3. The van der Waals surface area contributed by atoms with Crippen molar-refractivity contribution in [2.75, 3.05) is 20.2 Å². The monoisotopic (exact) mass is 382 g/mol. The van der Waals surface area contributed by atoms with Crippen LogP contribution in [0.3, 0.4) is 0 Å². The van der Waals surface area contributed by atoms with Crippen LogP contribution < -0.4 is 0 Å². The predicted octanol–water partition coefficient (Wildman–Crippen LogP) is 3.21. The molecule has 1 aromatic heterocycles. The predicted molar refractivity (Wildman–Crippen MR) is 108 cm³/mol. The van der Waals surface area contributed by atoms with Gasteiger partial charge < -0.3 is 14.8 Å². The second-order valence-corrected chi connectivity index (χ2v) is 9.59. The topological polar surface area (TPSA) is 65.6 Å². The second-order valence-electron chi connectivity index (χ2n) is 9.59. The number of aliphatic hydroxyl groups is 1. The Morgan fingerprint density at radius 1 is 1.32 bits per heavy atom. The molecule has 5 rings (SSSR count). The molecule has 5 heteroatoms. The van der Waals surface area contributed by atoms with Gasteiger partial charge in [0.25, 0.3) is 0 Å². The van der Waals surface area contributed by atoms with Crippen LogP contribution in [-0.4, -0.2) is 47.3 Å². The quantitative estimate of drug-likeness (QED) is 0.744. The van der Waals surface area contributed by atoms with E-state index in [-0.39, 0.29) is 22.8 Å². The maximum absolute atomic E-state index is 12.6. The molecule has 0 radical (unpaired) electrons. The fourth-order valence-electron chi connectivity index (χ4n) is 6.49. The summed E-state index contributed by atoms with van der Waals surface area (Å²) in [6.07, 6.45) is 2.94. The number of hydrogen-bond donors (Lipinski definition) is 2. The number of H-pyrrole nitrogens is 1. The Labute approximate surface area is 166 Å². The number of aliphatic hydroxyl groups excluding tert-OH is 1. The number of hydrogen-bond acceptors (Lipinski definition) is 4. The zero-order valence-electron chi connectivity index (χ0n) is 17.0. The van der Waals surface area contributed by atoms with Crippen molar-refractivity contribution < 1.29 is 14.6 Å². The van der Waals surface area contributed by atoms with E-state index in [0.717, 1.165) is 32.4 Å². The molecule has 0 amide bonds. The first-order valence-electron chi connectivity index (χ1n) is 10.5. The molecule has 5 unspecified atom stereocenters. The third-order valence-corrected chi connectivity index (χ3v) is 8.08. The van der Waals surface area contributed by atoms with E-state index in [1.54, 1.807) is 0 Å². The van der Waals surface area contributed by atoms with Crippen molar-refractivity contribution in [1.29, 1.82) is 0 Å². The highest BCUT2D eigenvalue weighted by atomic mass is 16.5. The molecule has 1 saturated carbocycles. The van der Waals surface area contributed by atoms with Crippen molar-refractivity contribution in [3.05, 3.63) is 35.5 Å². The summed E-state index contributed by atoms with van der Waals surface area (Å²) in [7, 11) is 1.44. The molecule has 5 nitrogen and oxygen atoms in total. The van der Waals surface area contributed by atoms with E-state index < -0.39 is 12.0 Å². The molecule has 1 aliphatic carbocycles. The molecule has 1 saturated heterocycles. The molecule has 5 atom stereocenters. The molecule has 2 N–H and O–H groups in total. The summed E-state index contributed by atoms with van der Waals surface area (Å²) in [5.74, 6) is -0.576. The third-order valence-electron chi connectivity index (χ3n) is 8.08. The average molecular weight is 383 g/mol. The van der Waals surface area contributed by atoms with Crippen LogP contribution >= 0.6 is 0 Å². The molecule has 3 heterocycles. The number of esters is 1. The Kier molecular flexibility index (Phi) is 3.95. The SMILES string of the molecule is COC(=O)C1C(O)CCC2(C)CN3CCc4c([nH]c5ccccc45)C3(C)CC12. The van der Waals surface area contributed by atoms with Crippen LogP contribution in [0.15, 0.2) is 24.3 Å². The Balaban J connectivity index is 1.61. The van der Waals surface area contributed by atoms with E-state index in [0.29, 0.717) is 6.42 Å².